The summed E-state index contributed by atoms with van der Waals surface area (Å²) >= 11 is 0. The summed E-state index contributed by atoms with van der Waals surface area (Å²) in [6.45, 7) is 0.808. The highest BCUT2D eigenvalue weighted by Crippen LogP contribution is 2.23. The molecule has 3 nitrogen and oxygen atoms in total. The predicted octanol–water partition coefficient (Wildman–Crippen LogP) is 6.76. The lowest BCUT2D eigenvalue weighted by molar-refractivity contribution is 0.297. The Morgan fingerprint density at radius 3 is 1.97 bits per heavy atom. The van der Waals surface area contributed by atoms with E-state index in [9.17, 15) is 4.39 Å². The Balaban J connectivity index is 1.36. The van der Waals surface area contributed by atoms with E-state index >= 15 is 0 Å². The second kappa shape index (κ2) is 9.61. The summed E-state index contributed by atoms with van der Waals surface area (Å²) in [7, 11) is 0. The molecule has 0 saturated carbocycles. The second-order valence-corrected chi connectivity index (χ2v) is 6.91. The lowest BCUT2D eigenvalue weighted by Gasteiger charge is -2.14. The Hall–Kier alpha value is -3.79. The Morgan fingerprint density at radius 2 is 1.20 bits per heavy atom. The maximum atomic E-state index is 13.8. The second-order valence-electron chi connectivity index (χ2n) is 6.91. The van der Waals surface area contributed by atoms with Crippen LogP contribution in [0.4, 0.5) is 21.5 Å². The molecule has 0 aromatic heterocycles. The third kappa shape index (κ3) is 5.17. The number of anilines is 3. The van der Waals surface area contributed by atoms with E-state index < -0.39 is 0 Å². The maximum Gasteiger partial charge on any atom is 0.129 e. The third-order valence-corrected chi connectivity index (χ3v) is 4.74. The molecular weight excluding hydrogens is 375 g/mol. The Kier molecular flexibility index (Phi) is 6.25. The van der Waals surface area contributed by atoms with Crippen molar-refractivity contribution in [2.45, 2.75) is 13.2 Å². The van der Waals surface area contributed by atoms with Gasteiger partial charge in [-0.2, -0.15) is 0 Å². The Morgan fingerprint density at radius 1 is 0.600 bits per heavy atom. The van der Waals surface area contributed by atoms with Crippen molar-refractivity contribution in [3.8, 4) is 5.75 Å². The van der Waals surface area contributed by atoms with E-state index in [1.165, 1.54) is 6.07 Å². The van der Waals surface area contributed by atoms with Crippen LogP contribution in [0.15, 0.2) is 103 Å². The molecule has 4 aromatic rings. The van der Waals surface area contributed by atoms with E-state index in [-0.39, 0.29) is 12.4 Å². The first-order chi connectivity index (χ1) is 14.8. The van der Waals surface area contributed by atoms with Gasteiger partial charge < -0.3 is 15.4 Å². The first-order valence-electron chi connectivity index (χ1n) is 9.88. The molecule has 0 aliphatic carbocycles. The van der Waals surface area contributed by atoms with Crippen molar-refractivity contribution < 1.29 is 9.13 Å². The highest BCUT2D eigenvalue weighted by molar-refractivity contribution is 5.62. The summed E-state index contributed by atoms with van der Waals surface area (Å²) in [6, 6.07) is 32.7. The van der Waals surface area contributed by atoms with Crippen molar-refractivity contribution in [1.82, 2.24) is 0 Å². The van der Waals surface area contributed by atoms with Crippen LogP contribution in [0.3, 0.4) is 0 Å². The van der Waals surface area contributed by atoms with Gasteiger partial charge in [-0.15, -0.1) is 0 Å². The van der Waals surface area contributed by atoms with Crippen LogP contribution in [-0.2, 0) is 13.2 Å². The lowest BCUT2D eigenvalue weighted by Crippen LogP contribution is -2.04. The van der Waals surface area contributed by atoms with Gasteiger partial charge >= 0.3 is 0 Å². The number of nitrogens with one attached hydrogen (secondary N) is 2. The van der Waals surface area contributed by atoms with Crippen LogP contribution in [0.5, 0.6) is 5.75 Å². The van der Waals surface area contributed by atoms with Crippen LogP contribution in [-0.4, -0.2) is 0 Å². The number of ether oxygens (including phenoxy) is 1. The molecule has 0 bridgehead atoms. The molecular formula is C26H23FN2O. The monoisotopic (exact) mass is 398 g/mol. The van der Waals surface area contributed by atoms with E-state index in [2.05, 4.69) is 10.6 Å². The molecule has 4 aromatic carbocycles. The van der Waals surface area contributed by atoms with E-state index in [0.29, 0.717) is 12.1 Å². The maximum absolute atomic E-state index is 13.8. The fourth-order valence-electron chi connectivity index (χ4n) is 3.12. The number of hydrogen-bond donors (Lipinski definition) is 2. The third-order valence-electron chi connectivity index (χ3n) is 4.74. The summed E-state index contributed by atoms with van der Waals surface area (Å²) in [5.41, 5.74) is 4.65. The van der Waals surface area contributed by atoms with Crippen molar-refractivity contribution >= 4 is 17.1 Å². The molecule has 0 amide bonds. The topological polar surface area (TPSA) is 33.3 Å². The Labute approximate surface area is 176 Å². The SMILES string of the molecule is Fc1ccccc1COc1ccccc1CNc1ccc(Nc2ccccc2)cc1. The lowest BCUT2D eigenvalue weighted by atomic mass is 10.2. The minimum atomic E-state index is -0.252. The van der Waals surface area contributed by atoms with Crippen LogP contribution in [0.25, 0.3) is 0 Å². The average Bonchev–Trinajstić information content (AvgIpc) is 2.79. The summed E-state index contributed by atoms with van der Waals surface area (Å²) in [5.74, 6) is 0.493. The van der Waals surface area contributed by atoms with Crippen molar-refractivity contribution in [3.63, 3.8) is 0 Å². The summed E-state index contributed by atoms with van der Waals surface area (Å²) in [5, 5.41) is 6.79. The van der Waals surface area contributed by atoms with Gasteiger partial charge in [0.25, 0.3) is 0 Å². The van der Waals surface area contributed by atoms with Gasteiger partial charge in [-0.3, -0.25) is 0 Å². The van der Waals surface area contributed by atoms with Gasteiger partial charge in [0.2, 0.25) is 0 Å². The normalized spacial score (nSPS) is 10.4. The molecule has 0 radical (unpaired) electrons. The molecule has 0 spiro atoms. The largest absolute Gasteiger partial charge is 0.488 e. The van der Waals surface area contributed by atoms with Gasteiger partial charge in [-0.05, 0) is 48.5 Å². The minimum Gasteiger partial charge on any atom is -0.488 e. The van der Waals surface area contributed by atoms with Crippen LogP contribution in [0.1, 0.15) is 11.1 Å². The standard InChI is InChI=1S/C26H23FN2O/c27-25-12-6-4-9-21(25)19-30-26-13-7-5-8-20(26)18-28-22-14-16-24(17-15-22)29-23-10-2-1-3-11-23/h1-17,28-29H,18-19H2. The molecule has 2 N–H and O–H groups in total. The van der Waals surface area contributed by atoms with Gasteiger partial charge in [0.05, 0.1) is 0 Å². The van der Waals surface area contributed by atoms with Crippen LogP contribution >= 0.6 is 0 Å². The number of benzene rings is 4. The van der Waals surface area contributed by atoms with Gasteiger partial charge in [0.15, 0.2) is 0 Å². The van der Waals surface area contributed by atoms with E-state index in [4.69, 9.17) is 4.74 Å². The molecule has 4 rings (SSSR count). The number of hydrogen-bond acceptors (Lipinski definition) is 3. The molecule has 150 valence electrons. The number of rotatable bonds is 8. The zero-order valence-corrected chi connectivity index (χ0v) is 16.5. The van der Waals surface area contributed by atoms with Crippen LogP contribution in [0, 0.1) is 5.82 Å². The molecule has 30 heavy (non-hydrogen) atoms. The summed E-state index contributed by atoms with van der Waals surface area (Å²) < 4.78 is 19.7. The van der Waals surface area contributed by atoms with E-state index in [1.54, 1.807) is 12.1 Å². The minimum absolute atomic E-state index is 0.198. The van der Waals surface area contributed by atoms with Gasteiger partial charge in [-0.25, -0.2) is 4.39 Å². The molecule has 0 fully saturated rings. The van der Waals surface area contributed by atoms with Crippen molar-refractivity contribution in [2.24, 2.45) is 0 Å². The molecule has 0 aliphatic rings. The van der Waals surface area contributed by atoms with Crippen molar-refractivity contribution in [3.05, 3.63) is 120 Å². The number of para-hydroxylation sites is 2. The molecule has 0 aliphatic heterocycles. The Bertz CT molecular complexity index is 1080. The van der Waals surface area contributed by atoms with Crippen molar-refractivity contribution in [1.29, 1.82) is 0 Å². The van der Waals surface area contributed by atoms with Gasteiger partial charge in [0.1, 0.15) is 18.2 Å². The quantitative estimate of drug-likeness (QED) is 0.344. The summed E-state index contributed by atoms with van der Waals surface area (Å²) in [6.07, 6.45) is 0. The molecule has 0 saturated heterocycles. The highest BCUT2D eigenvalue weighted by Gasteiger charge is 2.06. The fourth-order valence-corrected chi connectivity index (χ4v) is 3.12. The first-order valence-corrected chi connectivity index (χ1v) is 9.88. The zero-order chi connectivity index (χ0) is 20.6. The molecule has 0 heterocycles. The average molecular weight is 398 g/mol. The molecule has 0 atom stereocenters. The predicted molar refractivity (Wildman–Crippen MR) is 121 cm³/mol. The van der Waals surface area contributed by atoms with Gasteiger partial charge in [-0.1, -0.05) is 54.6 Å². The highest BCUT2D eigenvalue weighted by atomic mass is 19.1. The van der Waals surface area contributed by atoms with Crippen LogP contribution in [0.2, 0.25) is 0 Å². The van der Waals surface area contributed by atoms with Crippen molar-refractivity contribution in [2.75, 3.05) is 10.6 Å². The van der Waals surface area contributed by atoms with E-state index in [1.807, 2.05) is 84.9 Å². The van der Waals surface area contributed by atoms with E-state index in [0.717, 1.165) is 28.4 Å². The van der Waals surface area contributed by atoms with Crippen LogP contribution < -0.4 is 15.4 Å². The zero-order valence-electron chi connectivity index (χ0n) is 16.5. The molecule has 0 unspecified atom stereocenters. The summed E-state index contributed by atoms with van der Waals surface area (Å²) in [4.78, 5) is 0. The number of halogens is 1. The molecule has 4 heteroatoms. The fraction of sp³-hybridized carbons (Fsp3) is 0.0769. The smallest absolute Gasteiger partial charge is 0.129 e. The van der Waals surface area contributed by atoms with Gasteiger partial charge in [0, 0.05) is 34.7 Å². The first kappa shape index (κ1) is 19.5.